The molecule has 192 valence electrons. The molecule has 0 bridgehead atoms. The molecule has 0 heterocycles. The number of rotatable bonds is 21. The number of methoxy groups -OCH3 is 1. The summed E-state index contributed by atoms with van der Waals surface area (Å²) in [5.41, 5.74) is 8.44. The van der Waals surface area contributed by atoms with Crippen molar-refractivity contribution < 1.29 is 37.3 Å². The van der Waals surface area contributed by atoms with E-state index in [1.165, 1.54) is 18.2 Å². The van der Waals surface area contributed by atoms with Crippen LogP contribution in [-0.4, -0.2) is 91.1 Å². The Hall–Kier alpha value is -2.05. The second-order valence-corrected chi connectivity index (χ2v) is 9.45. The third-order valence-corrected chi connectivity index (χ3v) is 6.44. The highest BCUT2D eigenvalue weighted by Gasteiger charge is 2.21. The molecule has 0 fully saturated rings. The Kier molecular flexibility index (Phi) is 16.1. The van der Waals surface area contributed by atoms with Gasteiger partial charge in [0.15, 0.2) is 15.6 Å². The summed E-state index contributed by atoms with van der Waals surface area (Å²) in [4.78, 5) is 15.1. The maximum absolute atomic E-state index is 12.6. The molecule has 1 N–H and O–H groups in total. The lowest BCUT2D eigenvalue weighted by atomic mass is 10.1. The van der Waals surface area contributed by atoms with E-state index in [4.69, 9.17) is 24.5 Å². The van der Waals surface area contributed by atoms with E-state index < -0.39 is 21.7 Å². The zero-order chi connectivity index (χ0) is 25.1. The number of Topliss-reactive ketones (excluding diaryl/α,β-unsaturated/α-hetero) is 1. The number of hydrogen-bond acceptors (Lipinski definition) is 9. The van der Waals surface area contributed by atoms with Gasteiger partial charge in [0.25, 0.3) is 0 Å². The van der Waals surface area contributed by atoms with E-state index in [0.29, 0.717) is 71.1 Å². The predicted octanol–water partition coefficient (Wildman–Crippen LogP) is 2.57. The van der Waals surface area contributed by atoms with Crippen LogP contribution in [0.5, 0.6) is 0 Å². The van der Waals surface area contributed by atoms with Gasteiger partial charge in [-0.1, -0.05) is 17.2 Å². The molecular formula is C22H35N3O8S. The van der Waals surface area contributed by atoms with E-state index in [1.807, 2.05) is 0 Å². The Morgan fingerprint density at radius 2 is 1.74 bits per heavy atom. The van der Waals surface area contributed by atoms with Crippen LogP contribution >= 0.6 is 0 Å². The molecule has 0 aliphatic heterocycles. The first-order valence-electron chi connectivity index (χ1n) is 11.2. The average Bonchev–Trinajstić information content (AvgIpc) is 2.82. The zero-order valence-electron chi connectivity index (χ0n) is 19.6. The van der Waals surface area contributed by atoms with E-state index in [2.05, 4.69) is 10.0 Å². The number of sulfone groups is 1. The van der Waals surface area contributed by atoms with Gasteiger partial charge in [-0.25, -0.2) is 8.42 Å². The SMILES string of the molecule is COCCCC(O)CS(=O)(=O)c1cccc(C(=O)CCCOCCOCCOCCN=[N+]=[N-])c1. The van der Waals surface area contributed by atoms with Gasteiger partial charge in [0.2, 0.25) is 0 Å². The number of carbonyl (C=O) groups is 1. The maximum atomic E-state index is 12.6. The van der Waals surface area contributed by atoms with Crippen molar-refractivity contribution in [2.24, 2.45) is 5.11 Å². The molecule has 1 aromatic carbocycles. The van der Waals surface area contributed by atoms with Crippen molar-refractivity contribution in [3.05, 3.63) is 40.3 Å². The van der Waals surface area contributed by atoms with Gasteiger partial charge in [-0.2, -0.15) is 0 Å². The van der Waals surface area contributed by atoms with Gasteiger partial charge in [-0.3, -0.25) is 4.79 Å². The van der Waals surface area contributed by atoms with Gasteiger partial charge in [-0.15, -0.1) is 0 Å². The summed E-state index contributed by atoms with van der Waals surface area (Å²) >= 11 is 0. The fourth-order valence-corrected chi connectivity index (χ4v) is 4.39. The van der Waals surface area contributed by atoms with Crippen molar-refractivity contribution in [1.29, 1.82) is 0 Å². The Morgan fingerprint density at radius 3 is 2.41 bits per heavy atom. The summed E-state index contributed by atoms with van der Waals surface area (Å²) in [5, 5.41) is 13.3. The summed E-state index contributed by atoms with van der Waals surface area (Å²) in [6, 6.07) is 5.91. The summed E-state index contributed by atoms with van der Waals surface area (Å²) in [7, 11) is -2.16. The third-order valence-electron chi connectivity index (χ3n) is 4.65. The van der Waals surface area contributed by atoms with Crippen molar-refractivity contribution in [3.8, 4) is 0 Å². The first kappa shape index (κ1) is 30.0. The smallest absolute Gasteiger partial charge is 0.180 e. The van der Waals surface area contributed by atoms with Crippen LogP contribution < -0.4 is 0 Å². The first-order valence-corrected chi connectivity index (χ1v) is 12.8. The number of carbonyl (C=O) groups excluding carboxylic acids is 1. The minimum atomic E-state index is -3.71. The number of ketones is 1. The maximum Gasteiger partial charge on any atom is 0.180 e. The molecule has 12 heteroatoms. The fraction of sp³-hybridized carbons (Fsp3) is 0.682. The van der Waals surface area contributed by atoms with Crippen LogP contribution in [0, 0.1) is 0 Å². The highest BCUT2D eigenvalue weighted by molar-refractivity contribution is 7.91. The quantitative estimate of drug-likeness (QED) is 0.0885. The number of aliphatic hydroxyl groups excluding tert-OH is 1. The van der Waals surface area contributed by atoms with Crippen molar-refractivity contribution in [2.45, 2.75) is 36.7 Å². The molecule has 0 aromatic heterocycles. The summed E-state index contributed by atoms with van der Waals surface area (Å²) < 4.78 is 46.0. The molecule has 0 spiro atoms. The van der Waals surface area contributed by atoms with Gasteiger partial charge in [0.05, 0.1) is 49.8 Å². The Balaban J connectivity index is 2.27. The molecule has 1 unspecified atom stereocenters. The van der Waals surface area contributed by atoms with Gasteiger partial charge in [0, 0.05) is 43.8 Å². The van der Waals surface area contributed by atoms with E-state index in [1.54, 1.807) is 13.2 Å². The monoisotopic (exact) mass is 501 g/mol. The fourth-order valence-electron chi connectivity index (χ4n) is 2.93. The summed E-state index contributed by atoms with van der Waals surface area (Å²) in [5.74, 6) is -0.568. The first-order chi connectivity index (χ1) is 16.4. The molecule has 0 amide bonds. The third kappa shape index (κ3) is 13.6. The van der Waals surface area contributed by atoms with Crippen molar-refractivity contribution in [2.75, 3.05) is 65.7 Å². The molecule has 0 aliphatic rings. The molecule has 0 saturated carbocycles. The molecule has 1 aromatic rings. The van der Waals surface area contributed by atoms with Crippen LogP contribution in [0.4, 0.5) is 0 Å². The summed E-state index contributed by atoms with van der Waals surface area (Å²) in [6.45, 7) is 3.05. The second kappa shape index (κ2) is 18.3. The van der Waals surface area contributed by atoms with Crippen LogP contribution in [0.25, 0.3) is 10.4 Å². The topological polar surface area (TPSA) is 157 Å². The molecule has 0 aliphatic carbocycles. The molecular weight excluding hydrogens is 466 g/mol. The average molecular weight is 502 g/mol. The van der Waals surface area contributed by atoms with Gasteiger partial charge < -0.3 is 24.1 Å². The van der Waals surface area contributed by atoms with Gasteiger partial charge in [0.1, 0.15) is 0 Å². The van der Waals surface area contributed by atoms with Gasteiger partial charge >= 0.3 is 0 Å². The summed E-state index contributed by atoms with van der Waals surface area (Å²) in [6.07, 6.45) is 0.620. The Bertz CT molecular complexity index is 859. The molecule has 34 heavy (non-hydrogen) atoms. The standard InChI is InChI=1S/C22H35N3O8S/c1-30-10-3-6-20(26)18-34(28,29)21-7-2-5-19(17-21)22(27)8-4-11-31-13-15-33-16-14-32-12-9-24-25-23/h2,5,7,17,20,26H,3-4,6,8-16,18H2,1H3. The van der Waals surface area contributed by atoms with Crippen molar-refractivity contribution in [1.82, 2.24) is 0 Å². The number of hydrogen-bond donors (Lipinski definition) is 1. The molecule has 11 nitrogen and oxygen atoms in total. The highest BCUT2D eigenvalue weighted by Crippen LogP contribution is 2.17. The van der Waals surface area contributed by atoms with Gasteiger partial charge in [-0.05, 0) is 36.9 Å². The lowest BCUT2D eigenvalue weighted by Crippen LogP contribution is -2.21. The van der Waals surface area contributed by atoms with Crippen LogP contribution in [0.2, 0.25) is 0 Å². The van der Waals surface area contributed by atoms with E-state index in [0.717, 1.165) is 0 Å². The molecule has 1 rings (SSSR count). The normalized spacial score (nSPS) is 12.3. The number of ether oxygens (including phenoxy) is 4. The Labute approximate surface area is 200 Å². The van der Waals surface area contributed by atoms with Crippen LogP contribution in [0.15, 0.2) is 34.3 Å². The van der Waals surface area contributed by atoms with E-state index in [-0.39, 0.29) is 23.6 Å². The number of benzene rings is 1. The number of nitrogens with zero attached hydrogens (tertiary/aromatic N) is 3. The van der Waals surface area contributed by atoms with E-state index >= 15 is 0 Å². The molecule has 0 saturated heterocycles. The lowest BCUT2D eigenvalue weighted by molar-refractivity contribution is 0.0154. The number of aliphatic hydroxyl groups is 1. The molecule has 1 atom stereocenters. The molecule has 0 radical (unpaired) electrons. The van der Waals surface area contributed by atoms with Crippen molar-refractivity contribution in [3.63, 3.8) is 0 Å². The van der Waals surface area contributed by atoms with Crippen molar-refractivity contribution >= 4 is 15.6 Å². The van der Waals surface area contributed by atoms with Crippen LogP contribution in [0.1, 0.15) is 36.0 Å². The number of azide groups is 1. The van der Waals surface area contributed by atoms with Crippen LogP contribution in [0.3, 0.4) is 0 Å². The zero-order valence-corrected chi connectivity index (χ0v) is 20.5. The lowest BCUT2D eigenvalue weighted by Gasteiger charge is -2.12. The van der Waals surface area contributed by atoms with E-state index in [9.17, 15) is 18.3 Å². The minimum absolute atomic E-state index is 0.0271. The second-order valence-electron chi connectivity index (χ2n) is 7.42. The predicted molar refractivity (Wildman–Crippen MR) is 126 cm³/mol. The Morgan fingerprint density at radius 1 is 1.06 bits per heavy atom. The van der Waals surface area contributed by atoms with Crippen LogP contribution in [-0.2, 0) is 28.8 Å². The highest BCUT2D eigenvalue weighted by atomic mass is 32.2. The minimum Gasteiger partial charge on any atom is -0.392 e. The largest absolute Gasteiger partial charge is 0.392 e.